The molecule has 0 bridgehead atoms. The number of aromatic amines is 1. The number of hydrogen-bond donors (Lipinski definition) is 1. The van der Waals surface area contributed by atoms with Crippen LogP contribution >= 0.6 is 0 Å². The van der Waals surface area contributed by atoms with Gasteiger partial charge in [0, 0.05) is 24.4 Å². The summed E-state index contributed by atoms with van der Waals surface area (Å²) in [7, 11) is 1.84. The molecule has 0 saturated carbocycles. The van der Waals surface area contributed by atoms with Gasteiger partial charge >= 0.3 is 0 Å². The van der Waals surface area contributed by atoms with E-state index in [9.17, 15) is 4.79 Å². The van der Waals surface area contributed by atoms with E-state index in [-0.39, 0.29) is 11.9 Å². The van der Waals surface area contributed by atoms with E-state index < -0.39 is 0 Å². The predicted molar refractivity (Wildman–Crippen MR) is 119 cm³/mol. The van der Waals surface area contributed by atoms with Crippen molar-refractivity contribution < 1.29 is 14.3 Å². The maximum atomic E-state index is 13.5. The number of H-pyrrole nitrogens is 1. The summed E-state index contributed by atoms with van der Waals surface area (Å²) in [6, 6.07) is 17.6. The van der Waals surface area contributed by atoms with Crippen molar-refractivity contribution in [3.63, 3.8) is 0 Å². The first-order valence-electron chi connectivity index (χ1n) is 10.3. The summed E-state index contributed by atoms with van der Waals surface area (Å²) in [6.07, 6.45) is 3.65. The van der Waals surface area contributed by atoms with Crippen molar-refractivity contribution in [1.82, 2.24) is 15.1 Å². The summed E-state index contributed by atoms with van der Waals surface area (Å²) in [5.74, 6) is 1.45. The van der Waals surface area contributed by atoms with Gasteiger partial charge in [0.1, 0.15) is 13.2 Å². The molecule has 4 aromatic rings. The molecule has 156 valence electrons. The third-order valence-electron chi connectivity index (χ3n) is 5.91. The summed E-state index contributed by atoms with van der Waals surface area (Å²) < 4.78 is 11.3. The average Bonchev–Trinajstić information content (AvgIpc) is 3.36. The molecule has 1 N–H and O–H groups in total. The van der Waals surface area contributed by atoms with Gasteiger partial charge < -0.3 is 14.4 Å². The molecule has 5 rings (SSSR count). The lowest BCUT2D eigenvalue weighted by molar-refractivity contribution is 0.0744. The van der Waals surface area contributed by atoms with Crippen molar-refractivity contribution >= 4 is 16.7 Å². The predicted octanol–water partition coefficient (Wildman–Crippen LogP) is 4.83. The van der Waals surface area contributed by atoms with Crippen molar-refractivity contribution in [2.45, 2.75) is 13.0 Å². The average molecular weight is 413 g/mol. The molecule has 3 aromatic carbocycles. The molecule has 31 heavy (non-hydrogen) atoms. The lowest BCUT2D eigenvalue weighted by Crippen LogP contribution is -2.30. The second-order valence-corrected chi connectivity index (χ2v) is 7.69. The fourth-order valence-electron chi connectivity index (χ4n) is 4.04. The van der Waals surface area contributed by atoms with Crippen LogP contribution in [-0.4, -0.2) is 41.3 Å². The molecule has 1 aliphatic rings. The van der Waals surface area contributed by atoms with Crippen molar-refractivity contribution in [3.05, 3.63) is 78.1 Å². The monoisotopic (exact) mass is 413 g/mol. The fourth-order valence-corrected chi connectivity index (χ4v) is 4.04. The maximum Gasteiger partial charge on any atom is 0.254 e. The minimum atomic E-state index is -0.129. The molecule has 6 nitrogen and oxygen atoms in total. The third-order valence-corrected chi connectivity index (χ3v) is 5.91. The highest BCUT2D eigenvalue weighted by Gasteiger charge is 2.23. The zero-order chi connectivity index (χ0) is 21.4. The fraction of sp³-hybridized carbons (Fsp3) is 0.200. The van der Waals surface area contributed by atoms with Crippen molar-refractivity contribution in [2.75, 3.05) is 20.3 Å². The molecule has 6 heteroatoms. The van der Waals surface area contributed by atoms with Gasteiger partial charge in [-0.15, -0.1) is 0 Å². The van der Waals surface area contributed by atoms with Gasteiger partial charge in [-0.25, -0.2) is 0 Å². The number of rotatable bonds is 4. The van der Waals surface area contributed by atoms with E-state index in [1.807, 2.05) is 74.8 Å². The lowest BCUT2D eigenvalue weighted by atomic mass is 9.95. The quantitative estimate of drug-likeness (QED) is 0.520. The second-order valence-electron chi connectivity index (χ2n) is 7.69. The number of nitrogens with zero attached hydrogens (tertiary/aromatic N) is 2. The molecule has 0 aliphatic carbocycles. The second kappa shape index (κ2) is 7.80. The van der Waals surface area contributed by atoms with Gasteiger partial charge in [0.25, 0.3) is 5.91 Å². The van der Waals surface area contributed by atoms with Gasteiger partial charge in [-0.3, -0.25) is 9.89 Å². The summed E-state index contributed by atoms with van der Waals surface area (Å²) in [4.78, 5) is 15.3. The number of ether oxygens (including phenoxy) is 2. The molecule has 0 saturated heterocycles. The van der Waals surface area contributed by atoms with E-state index in [1.54, 1.807) is 11.1 Å². The number of carbonyl (C=O) groups is 1. The first-order valence-corrected chi connectivity index (χ1v) is 10.3. The van der Waals surface area contributed by atoms with Gasteiger partial charge in [-0.2, -0.15) is 5.10 Å². The summed E-state index contributed by atoms with van der Waals surface area (Å²) in [6.45, 7) is 3.11. The number of benzene rings is 3. The number of nitrogens with one attached hydrogen (secondary N) is 1. The topological polar surface area (TPSA) is 67.5 Å². The first-order chi connectivity index (χ1) is 15.1. The van der Waals surface area contributed by atoms with E-state index in [2.05, 4.69) is 10.2 Å². The molecule has 1 unspecified atom stereocenters. The highest BCUT2D eigenvalue weighted by molar-refractivity contribution is 6.10. The van der Waals surface area contributed by atoms with Crippen LogP contribution in [0.3, 0.4) is 0 Å². The Balaban J connectivity index is 1.49. The molecule has 0 fully saturated rings. The van der Waals surface area contributed by atoms with Gasteiger partial charge in [-0.05, 0) is 47.0 Å². The molecule has 1 atom stereocenters. The van der Waals surface area contributed by atoms with Crippen LogP contribution < -0.4 is 9.47 Å². The van der Waals surface area contributed by atoms with Gasteiger partial charge in [0.05, 0.1) is 12.2 Å². The van der Waals surface area contributed by atoms with E-state index >= 15 is 0 Å². The molecule has 1 aromatic heterocycles. The maximum absolute atomic E-state index is 13.5. The Morgan fingerprint density at radius 2 is 1.81 bits per heavy atom. The van der Waals surface area contributed by atoms with Gasteiger partial charge in [-0.1, -0.05) is 36.4 Å². The molecular weight excluding hydrogens is 390 g/mol. The SMILES string of the molecule is CC(c1ccc2c(c1)OCCO2)N(C)C(=O)c1ccc(-c2cn[nH]c2)c2ccccc12. The summed E-state index contributed by atoms with van der Waals surface area (Å²) >= 11 is 0. The number of carbonyl (C=O) groups excluding carboxylic acids is 1. The number of fused-ring (bicyclic) bond motifs is 2. The highest BCUT2D eigenvalue weighted by atomic mass is 16.6. The van der Waals surface area contributed by atoms with Crippen LogP contribution in [-0.2, 0) is 0 Å². The normalized spacial score (nSPS) is 13.7. The summed E-state index contributed by atoms with van der Waals surface area (Å²) in [5.41, 5.74) is 3.71. The first kappa shape index (κ1) is 19.2. The Labute approximate surface area is 180 Å². The van der Waals surface area contributed by atoms with E-state index in [4.69, 9.17) is 9.47 Å². The number of aromatic nitrogens is 2. The largest absolute Gasteiger partial charge is 0.486 e. The molecular formula is C25H23N3O3. The summed E-state index contributed by atoms with van der Waals surface area (Å²) in [5, 5.41) is 8.86. The Hall–Kier alpha value is -3.80. The zero-order valence-electron chi connectivity index (χ0n) is 17.5. The molecule has 0 spiro atoms. The Morgan fingerprint density at radius 1 is 1.03 bits per heavy atom. The van der Waals surface area contributed by atoms with Crippen LogP contribution in [0.15, 0.2) is 67.0 Å². The van der Waals surface area contributed by atoms with E-state index in [0.29, 0.717) is 18.8 Å². The standard InChI is InChI=1S/C25H23N3O3/c1-16(17-7-10-23-24(13-17)31-12-11-30-23)28(2)25(29)22-9-8-19(18-14-26-27-15-18)20-5-3-4-6-21(20)22/h3-10,13-16H,11-12H2,1-2H3,(H,26,27). The Bertz CT molecular complexity index is 1250. The molecule has 2 heterocycles. The van der Waals surface area contributed by atoms with Gasteiger partial charge in [0.2, 0.25) is 0 Å². The lowest BCUT2D eigenvalue weighted by Gasteiger charge is -2.27. The molecule has 1 aliphatic heterocycles. The van der Waals surface area contributed by atoms with E-state index in [0.717, 1.165) is 39.0 Å². The van der Waals surface area contributed by atoms with Crippen LogP contribution in [0.4, 0.5) is 0 Å². The van der Waals surface area contributed by atoms with Crippen LogP contribution in [0, 0.1) is 0 Å². The third kappa shape index (κ3) is 3.40. The van der Waals surface area contributed by atoms with Crippen LogP contribution in [0.2, 0.25) is 0 Å². The number of hydrogen-bond acceptors (Lipinski definition) is 4. The van der Waals surface area contributed by atoms with Gasteiger partial charge in [0.15, 0.2) is 11.5 Å². The number of amides is 1. The van der Waals surface area contributed by atoms with Crippen molar-refractivity contribution in [2.24, 2.45) is 0 Å². The van der Waals surface area contributed by atoms with Crippen LogP contribution in [0.5, 0.6) is 11.5 Å². The Morgan fingerprint density at radius 3 is 2.58 bits per heavy atom. The van der Waals surface area contributed by atoms with Crippen LogP contribution in [0.1, 0.15) is 28.9 Å². The van der Waals surface area contributed by atoms with Crippen molar-refractivity contribution in [1.29, 1.82) is 0 Å². The minimum Gasteiger partial charge on any atom is -0.486 e. The van der Waals surface area contributed by atoms with Crippen LogP contribution in [0.25, 0.3) is 21.9 Å². The minimum absolute atomic E-state index is 0.0302. The molecule has 0 radical (unpaired) electrons. The zero-order valence-corrected chi connectivity index (χ0v) is 17.5. The van der Waals surface area contributed by atoms with Crippen molar-refractivity contribution in [3.8, 4) is 22.6 Å². The Kier molecular flexibility index (Phi) is 4.82. The van der Waals surface area contributed by atoms with E-state index in [1.165, 1.54) is 0 Å². The highest BCUT2D eigenvalue weighted by Crippen LogP contribution is 2.35. The molecule has 1 amide bonds. The smallest absolute Gasteiger partial charge is 0.254 e.